The van der Waals surface area contributed by atoms with Crippen molar-refractivity contribution in [3.63, 3.8) is 0 Å². The Morgan fingerprint density at radius 3 is 2.81 bits per heavy atom. The highest BCUT2D eigenvalue weighted by atomic mass is 16.4. The van der Waals surface area contributed by atoms with Gasteiger partial charge in [0, 0.05) is 50.3 Å². The van der Waals surface area contributed by atoms with E-state index in [-0.39, 0.29) is 0 Å². The first-order chi connectivity index (χ1) is 15.4. The maximum absolute atomic E-state index is 11.5. The Kier molecular flexibility index (Phi) is 4.95. The number of oxazole rings is 1. The normalized spacial score (nSPS) is 21.8. The fraction of sp³-hybridized carbons (Fsp3) is 0.318. The number of benzene rings is 1. The van der Waals surface area contributed by atoms with Crippen molar-refractivity contribution < 1.29 is 4.42 Å². The summed E-state index contributed by atoms with van der Waals surface area (Å²) in [6.45, 7) is 5.82. The van der Waals surface area contributed by atoms with Gasteiger partial charge in [0.1, 0.15) is 11.5 Å². The van der Waals surface area contributed by atoms with Crippen molar-refractivity contribution in [2.24, 2.45) is 10.7 Å². The first kappa shape index (κ1) is 20.3. The standard InChI is InChI=1S/C22H26N8O2/c1-14-13-25-20(26-16-5-6-24-19(12-16)30-9-7-29(2)8-10-30)28-22(14,23)15-3-4-18-17(11-15)27-21(31)32-18/h3-6,11-13H,7-10,23H2,1-2H3,(H,27,31)(H2,24,25,26,28). The lowest BCUT2D eigenvalue weighted by molar-refractivity contribution is 0.312. The third-order valence-corrected chi connectivity index (χ3v) is 6.03. The zero-order valence-corrected chi connectivity index (χ0v) is 18.1. The van der Waals surface area contributed by atoms with Crippen molar-refractivity contribution in [1.29, 1.82) is 0 Å². The van der Waals surface area contributed by atoms with Gasteiger partial charge in [-0.2, -0.15) is 0 Å². The van der Waals surface area contributed by atoms with Gasteiger partial charge in [0.05, 0.1) is 5.52 Å². The number of aromatic amines is 1. The number of nitrogens with zero attached hydrogens (tertiary/aromatic N) is 4. The fourth-order valence-electron chi connectivity index (χ4n) is 3.98. The average Bonchev–Trinajstić information content (AvgIpc) is 3.16. The number of guanidine groups is 1. The molecule has 5 N–H and O–H groups in total. The quantitative estimate of drug-likeness (QED) is 0.487. The van der Waals surface area contributed by atoms with Gasteiger partial charge in [-0.3, -0.25) is 4.98 Å². The van der Waals surface area contributed by atoms with Crippen LogP contribution in [0.2, 0.25) is 0 Å². The molecule has 0 saturated carbocycles. The molecule has 0 amide bonds. The van der Waals surface area contributed by atoms with Crippen molar-refractivity contribution in [1.82, 2.24) is 20.2 Å². The number of aliphatic imine (C=N–C) groups is 1. The number of anilines is 2. The second kappa shape index (κ2) is 7.81. The number of aromatic nitrogens is 2. The summed E-state index contributed by atoms with van der Waals surface area (Å²) in [5.41, 5.74) is 9.33. The predicted octanol–water partition coefficient (Wildman–Crippen LogP) is 1.35. The number of likely N-dealkylation sites (N-methyl/N-ethyl adjacent to an activating group) is 1. The molecule has 1 saturated heterocycles. The smallest absolute Gasteiger partial charge is 0.408 e. The lowest BCUT2D eigenvalue weighted by Gasteiger charge is -2.36. The first-order valence-corrected chi connectivity index (χ1v) is 10.5. The summed E-state index contributed by atoms with van der Waals surface area (Å²) in [5.74, 6) is 0.957. The van der Waals surface area contributed by atoms with E-state index in [9.17, 15) is 4.79 Å². The van der Waals surface area contributed by atoms with Crippen LogP contribution in [-0.2, 0) is 5.66 Å². The lowest BCUT2D eigenvalue weighted by atomic mass is 9.92. The molecule has 1 unspecified atom stereocenters. The van der Waals surface area contributed by atoms with Crippen molar-refractivity contribution in [3.8, 4) is 0 Å². The molecule has 166 valence electrons. The van der Waals surface area contributed by atoms with E-state index < -0.39 is 11.4 Å². The van der Waals surface area contributed by atoms with Crippen LogP contribution in [0.25, 0.3) is 11.1 Å². The highest BCUT2D eigenvalue weighted by Gasteiger charge is 2.33. The number of fused-ring (bicyclic) bond motifs is 1. The van der Waals surface area contributed by atoms with Gasteiger partial charge in [0.25, 0.3) is 0 Å². The Hall–Kier alpha value is -3.63. The van der Waals surface area contributed by atoms with Gasteiger partial charge in [-0.1, -0.05) is 6.07 Å². The maximum atomic E-state index is 11.5. The monoisotopic (exact) mass is 434 g/mol. The molecule has 0 aliphatic carbocycles. The van der Waals surface area contributed by atoms with Gasteiger partial charge in [0.2, 0.25) is 5.96 Å². The minimum Gasteiger partial charge on any atom is -0.408 e. The third kappa shape index (κ3) is 3.74. The van der Waals surface area contributed by atoms with E-state index in [0.717, 1.165) is 48.8 Å². The number of pyridine rings is 1. The van der Waals surface area contributed by atoms with Crippen molar-refractivity contribution in [2.75, 3.05) is 43.4 Å². The highest BCUT2D eigenvalue weighted by molar-refractivity contribution is 5.96. The Balaban J connectivity index is 1.37. The molecular formula is C22H26N8O2. The summed E-state index contributed by atoms with van der Waals surface area (Å²) in [5, 5.41) is 6.62. The highest BCUT2D eigenvalue weighted by Crippen LogP contribution is 2.29. The van der Waals surface area contributed by atoms with Crippen LogP contribution in [0.5, 0.6) is 0 Å². The van der Waals surface area contributed by atoms with Gasteiger partial charge in [-0.15, -0.1) is 0 Å². The van der Waals surface area contributed by atoms with Crippen LogP contribution < -0.4 is 27.0 Å². The summed E-state index contributed by atoms with van der Waals surface area (Å²) in [4.78, 5) is 27.8. The Labute approximate surface area is 184 Å². The number of piperazine rings is 1. The zero-order valence-electron chi connectivity index (χ0n) is 18.1. The Bertz CT molecular complexity index is 1270. The minimum atomic E-state index is -1.00. The number of hydrogen-bond donors (Lipinski definition) is 4. The van der Waals surface area contributed by atoms with Crippen molar-refractivity contribution in [2.45, 2.75) is 12.6 Å². The predicted molar refractivity (Wildman–Crippen MR) is 125 cm³/mol. The molecule has 1 aromatic carbocycles. The second-order valence-corrected chi connectivity index (χ2v) is 8.27. The van der Waals surface area contributed by atoms with Gasteiger partial charge >= 0.3 is 5.76 Å². The molecule has 0 bridgehead atoms. The van der Waals surface area contributed by atoms with Crippen LogP contribution in [0.15, 0.2) is 62.5 Å². The largest absolute Gasteiger partial charge is 0.417 e. The van der Waals surface area contributed by atoms with Crippen LogP contribution in [0, 0.1) is 0 Å². The summed E-state index contributed by atoms with van der Waals surface area (Å²) in [7, 11) is 2.13. The molecule has 0 spiro atoms. The second-order valence-electron chi connectivity index (χ2n) is 8.27. The number of nitrogens with one attached hydrogen (secondary N) is 3. The van der Waals surface area contributed by atoms with Crippen LogP contribution >= 0.6 is 0 Å². The fourth-order valence-corrected chi connectivity index (χ4v) is 3.98. The summed E-state index contributed by atoms with van der Waals surface area (Å²) < 4.78 is 5.10. The molecule has 2 aromatic heterocycles. The molecule has 10 nitrogen and oxygen atoms in total. The third-order valence-electron chi connectivity index (χ3n) is 6.03. The van der Waals surface area contributed by atoms with E-state index in [2.05, 4.69) is 42.4 Å². The van der Waals surface area contributed by atoms with Gasteiger partial charge in [-0.05, 0) is 43.3 Å². The first-order valence-electron chi connectivity index (χ1n) is 10.5. The Morgan fingerprint density at radius 1 is 1.19 bits per heavy atom. The van der Waals surface area contributed by atoms with Crippen LogP contribution in [0.1, 0.15) is 12.5 Å². The van der Waals surface area contributed by atoms with Gasteiger partial charge in [0.15, 0.2) is 5.58 Å². The molecule has 5 rings (SSSR count). The number of nitrogens with two attached hydrogens (primary N) is 1. The number of hydrogen-bond acceptors (Lipinski definition) is 9. The SMILES string of the molecule is CC1=CN=C(Nc2ccnc(N3CCN(C)CC3)c2)NC1(N)c1ccc2oc(=O)[nH]c2c1. The van der Waals surface area contributed by atoms with Gasteiger partial charge < -0.3 is 30.6 Å². The minimum absolute atomic E-state index is 0.486. The molecule has 32 heavy (non-hydrogen) atoms. The molecule has 1 atom stereocenters. The lowest BCUT2D eigenvalue weighted by Crippen LogP contribution is -2.57. The van der Waals surface area contributed by atoms with E-state index in [4.69, 9.17) is 10.2 Å². The molecule has 4 heterocycles. The van der Waals surface area contributed by atoms with E-state index in [0.29, 0.717) is 17.1 Å². The summed E-state index contributed by atoms with van der Waals surface area (Å²) in [6, 6.07) is 9.29. The summed E-state index contributed by atoms with van der Waals surface area (Å²) >= 11 is 0. The van der Waals surface area contributed by atoms with Crippen molar-refractivity contribution in [3.05, 3.63) is 64.4 Å². The zero-order chi connectivity index (χ0) is 22.3. The van der Waals surface area contributed by atoms with Crippen LogP contribution in [-0.4, -0.2) is 54.1 Å². The van der Waals surface area contributed by atoms with Crippen molar-refractivity contribution >= 4 is 28.6 Å². The molecule has 0 radical (unpaired) electrons. The number of rotatable bonds is 3. The maximum Gasteiger partial charge on any atom is 0.417 e. The van der Waals surface area contributed by atoms with Crippen LogP contribution in [0.3, 0.4) is 0 Å². The molecule has 1 fully saturated rings. The van der Waals surface area contributed by atoms with E-state index in [1.54, 1.807) is 18.5 Å². The molecule has 2 aliphatic heterocycles. The number of H-pyrrole nitrogens is 1. The molecule has 2 aliphatic rings. The van der Waals surface area contributed by atoms with E-state index >= 15 is 0 Å². The van der Waals surface area contributed by atoms with E-state index in [1.807, 2.05) is 31.2 Å². The van der Waals surface area contributed by atoms with Gasteiger partial charge in [-0.25, -0.2) is 14.8 Å². The topological polar surface area (TPSA) is 128 Å². The van der Waals surface area contributed by atoms with E-state index in [1.165, 1.54) is 0 Å². The molecular weight excluding hydrogens is 408 g/mol. The average molecular weight is 435 g/mol. The molecule has 10 heteroatoms. The van der Waals surface area contributed by atoms with Crippen LogP contribution in [0.4, 0.5) is 11.5 Å². The molecule has 3 aromatic rings. The summed E-state index contributed by atoms with van der Waals surface area (Å²) in [6.07, 6.45) is 3.53. The Morgan fingerprint density at radius 2 is 2.00 bits per heavy atom.